The summed E-state index contributed by atoms with van der Waals surface area (Å²) in [6.45, 7) is 4.09. The van der Waals surface area contributed by atoms with Gasteiger partial charge in [0.2, 0.25) is 5.91 Å². The van der Waals surface area contributed by atoms with Crippen molar-refractivity contribution in [1.29, 1.82) is 0 Å². The molecule has 21 heavy (non-hydrogen) atoms. The molecule has 3 nitrogen and oxygen atoms in total. The van der Waals surface area contributed by atoms with E-state index >= 15 is 0 Å². The zero-order valence-electron chi connectivity index (χ0n) is 13.3. The largest absolute Gasteiger partial charge is 0.339 e. The molecule has 2 rings (SSSR count). The maximum Gasteiger partial charge on any atom is 0.222 e. The summed E-state index contributed by atoms with van der Waals surface area (Å²) in [4.78, 5) is 14.6. The number of amides is 1. The minimum Gasteiger partial charge on any atom is -0.339 e. The number of carbonyl (C=O) groups is 1. The Morgan fingerprint density at radius 2 is 2.14 bits per heavy atom. The van der Waals surface area contributed by atoms with Crippen LogP contribution in [0.15, 0.2) is 30.3 Å². The van der Waals surface area contributed by atoms with Crippen LogP contribution in [0.2, 0.25) is 0 Å². The SMILES string of the molecule is CCC(c1ccccc1)C1CCCN1C(=O)CCCNC. The highest BCUT2D eigenvalue weighted by Gasteiger charge is 2.34. The lowest BCUT2D eigenvalue weighted by atomic mass is 9.87. The minimum atomic E-state index is 0.335. The molecule has 1 aromatic rings. The standard InChI is InChI=1S/C18H28N2O/c1-3-16(15-9-5-4-6-10-15)17-11-8-14-20(17)18(21)12-7-13-19-2/h4-6,9-10,16-17,19H,3,7-8,11-14H2,1-2H3. The molecule has 116 valence electrons. The van der Waals surface area contributed by atoms with E-state index in [0.29, 0.717) is 24.3 Å². The van der Waals surface area contributed by atoms with Gasteiger partial charge in [-0.05, 0) is 44.8 Å². The second kappa shape index (κ2) is 8.18. The van der Waals surface area contributed by atoms with Crippen LogP contribution in [-0.2, 0) is 4.79 Å². The van der Waals surface area contributed by atoms with E-state index in [4.69, 9.17) is 0 Å². The molecule has 1 amide bonds. The predicted molar refractivity (Wildman–Crippen MR) is 87.4 cm³/mol. The lowest BCUT2D eigenvalue weighted by Gasteiger charge is -2.32. The number of hydrogen-bond donors (Lipinski definition) is 1. The summed E-state index contributed by atoms with van der Waals surface area (Å²) in [5.41, 5.74) is 1.37. The van der Waals surface area contributed by atoms with Crippen LogP contribution in [0.4, 0.5) is 0 Å². The third-order valence-corrected chi connectivity index (χ3v) is 4.57. The van der Waals surface area contributed by atoms with Crippen LogP contribution in [-0.4, -0.2) is 37.0 Å². The monoisotopic (exact) mass is 288 g/mol. The number of rotatable bonds is 7. The van der Waals surface area contributed by atoms with Crippen LogP contribution >= 0.6 is 0 Å². The predicted octanol–water partition coefficient (Wildman–Crippen LogP) is 3.17. The fourth-order valence-electron chi connectivity index (χ4n) is 3.51. The van der Waals surface area contributed by atoms with E-state index in [0.717, 1.165) is 38.8 Å². The lowest BCUT2D eigenvalue weighted by Crippen LogP contribution is -2.39. The van der Waals surface area contributed by atoms with E-state index in [9.17, 15) is 4.79 Å². The zero-order valence-corrected chi connectivity index (χ0v) is 13.3. The van der Waals surface area contributed by atoms with Crippen molar-refractivity contribution in [3.8, 4) is 0 Å². The molecule has 0 aliphatic carbocycles. The molecular formula is C18H28N2O. The molecule has 2 unspecified atom stereocenters. The molecule has 1 aliphatic heterocycles. The first-order chi connectivity index (χ1) is 10.3. The molecule has 0 saturated carbocycles. The van der Waals surface area contributed by atoms with Crippen molar-refractivity contribution < 1.29 is 4.79 Å². The third kappa shape index (κ3) is 4.07. The summed E-state index contributed by atoms with van der Waals surface area (Å²) in [6, 6.07) is 11.1. The van der Waals surface area contributed by atoms with Gasteiger partial charge in [-0.25, -0.2) is 0 Å². The van der Waals surface area contributed by atoms with Crippen molar-refractivity contribution >= 4 is 5.91 Å². The number of likely N-dealkylation sites (tertiary alicyclic amines) is 1. The van der Waals surface area contributed by atoms with Crippen molar-refractivity contribution in [2.24, 2.45) is 0 Å². The smallest absolute Gasteiger partial charge is 0.222 e. The Morgan fingerprint density at radius 1 is 1.38 bits per heavy atom. The van der Waals surface area contributed by atoms with Gasteiger partial charge in [0.1, 0.15) is 0 Å². The van der Waals surface area contributed by atoms with Gasteiger partial charge in [0.05, 0.1) is 0 Å². The van der Waals surface area contributed by atoms with Crippen LogP contribution in [0.25, 0.3) is 0 Å². The van der Waals surface area contributed by atoms with Gasteiger partial charge < -0.3 is 10.2 Å². The van der Waals surface area contributed by atoms with Gasteiger partial charge in [-0.1, -0.05) is 37.3 Å². The van der Waals surface area contributed by atoms with E-state index in [2.05, 4.69) is 47.5 Å². The summed E-state index contributed by atoms with van der Waals surface area (Å²) < 4.78 is 0. The number of carbonyl (C=O) groups excluding carboxylic acids is 1. The van der Waals surface area contributed by atoms with Crippen molar-refractivity contribution in [2.45, 2.75) is 51.0 Å². The molecule has 1 fully saturated rings. The van der Waals surface area contributed by atoms with Gasteiger partial charge in [0.25, 0.3) is 0 Å². The van der Waals surface area contributed by atoms with E-state index in [1.165, 1.54) is 5.56 Å². The second-order valence-electron chi connectivity index (χ2n) is 5.93. The first-order valence-corrected chi connectivity index (χ1v) is 8.27. The topological polar surface area (TPSA) is 32.3 Å². The molecule has 1 aliphatic rings. The Hall–Kier alpha value is -1.35. The number of hydrogen-bond acceptors (Lipinski definition) is 2. The minimum absolute atomic E-state index is 0.335. The average Bonchev–Trinajstić information content (AvgIpc) is 2.99. The normalized spacial score (nSPS) is 19.7. The first-order valence-electron chi connectivity index (χ1n) is 8.27. The van der Waals surface area contributed by atoms with Crippen molar-refractivity contribution in [1.82, 2.24) is 10.2 Å². The summed E-state index contributed by atoms with van der Waals surface area (Å²) in [5.74, 6) is 0.809. The number of benzene rings is 1. The maximum atomic E-state index is 12.5. The fourth-order valence-corrected chi connectivity index (χ4v) is 3.51. The molecule has 1 aromatic carbocycles. The van der Waals surface area contributed by atoms with E-state index < -0.39 is 0 Å². The highest BCUT2D eigenvalue weighted by molar-refractivity contribution is 5.77. The zero-order chi connectivity index (χ0) is 15.1. The summed E-state index contributed by atoms with van der Waals surface area (Å²) in [6.07, 6.45) is 4.98. The Bertz CT molecular complexity index is 432. The van der Waals surface area contributed by atoms with Crippen molar-refractivity contribution in [3.05, 3.63) is 35.9 Å². The highest BCUT2D eigenvalue weighted by atomic mass is 16.2. The molecule has 1 N–H and O–H groups in total. The molecule has 0 spiro atoms. The van der Waals surface area contributed by atoms with Crippen LogP contribution in [0.1, 0.15) is 50.5 Å². The van der Waals surface area contributed by atoms with Crippen molar-refractivity contribution in [3.63, 3.8) is 0 Å². The molecule has 2 atom stereocenters. The number of nitrogens with zero attached hydrogens (tertiary/aromatic N) is 1. The van der Waals surface area contributed by atoms with Crippen molar-refractivity contribution in [2.75, 3.05) is 20.1 Å². The Labute approximate surface area is 128 Å². The lowest BCUT2D eigenvalue weighted by molar-refractivity contribution is -0.132. The van der Waals surface area contributed by atoms with Gasteiger partial charge in [0.15, 0.2) is 0 Å². The van der Waals surface area contributed by atoms with Gasteiger partial charge in [-0.15, -0.1) is 0 Å². The first kappa shape index (κ1) is 16.0. The van der Waals surface area contributed by atoms with Gasteiger partial charge in [-0.2, -0.15) is 0 Å². The quantitative estimate of drug-likeness (QED) is 0.782. The Kier molecular flexibility index (Phi) is 6.24. The average molecular weight is 288 g/mol. The van der Waals surface area contributed by atoms with Gasteiger partial charge in [-0.3, -0.25) is 4.79 Å². The van der Waals surface area contributed by atoms with Crippen LogP contribution in [0, 0.1) is 0 Å². The van der Waals surface area contributed by atoms with Crippen LogP contribution in [0.5, 0.6) is 0 Å². The molecule has 0 radical (unpaired) electrons. The Morgan fingerprint density at radius 3 is 2.81 bits per heavy atom. The Balaban J connectivity index is 2.04. The third-order valence-electron chi connectivity index (χ3n) is 4.57. The highest BCUT2D eigenvalue weighted by Crippen LogP contribution is 2.33. The van der Waals surface area contributed by atoms with E-state index in [1.807, 2.05) is 7.05 Å². The molecule has 1 heterocycles. The second-order valence-corrected chi connectivity index (χ2v) is 5.93. The van der Waals surface area contributed by atoms with E-state index in [-0.39, 0.29) is 0 Å². The number of nitrogens with one attached hydrogen (secondary N) is 1. The molecular weight excluding hydrogens is 260 g/mol. The summed E-state index contributed by atoms with van der Waals surface area (Å²) >= 11 is 0. The van der Waals surface area contributed by atoms with Gasteiger partial charge in [0, 0.05) is 24.9 Å². The van der Waals surface area contributed by atoms with E-state index in [1.54, 1.807) is 0 Å². The van der Waals surface area contributed by atoms with Crippen LogP contribution < -0.4 is 5.32 Å². The summed E-state index contributed by atoms with van der Waals surface area (Å²) in [5, 5.41) is 3.11. The molecule has 0 bridgehead atoms. The molecule has 3 heteroatoms. The van der Waals surface area contributed by atoms with Gasteiger partial charge >= 0.3 is 0 Å². The molecule has 1 saturated heterocycles. The summed E-state index contributed by atoms with van der Waals surface area (Å²) in [7, 11) is 1.94. The maximum absolute atomic E-state index is 12.5. The van der Waals surface area contributed by atoms with Crippen LogP contribution in [0.3, 0.4) is 0 Å². The fraction of sp³-hybridized carbons (Fsp3) is 0.611. The molecule has 0 aromatic heterocycles.